The maximum Gasteiger partial charge on any atom is 0.0879 e. The molecule has 2 atom stereocenters. The number of hydrogen-bond donors (Lipinski definition) is 2. The Kier molecular flexibility index (Phi) is 4.28. The van der Waals surface area contributed by atoms with Crippen LogP contribution in [0.2, 0.25) is 0 Å². The van der Waals surface area contributed by atoms with Gasteiger partial charge in [0, 0.05) is 24.9 Å². The lowest BCUT2D eigenvalue weighted by Gasteiger charge is -2.21. The number of aliphatic hydroxyl groups is 1. The molecule has 2 unspecified atom stereocenters. The summed E-state index contributed by atoms with van der Waals surface area (Å²) in [5.74, 6) is -0.0977. The van der Waals surface area contributed by atoms with Gasteiger partial charge in [0.05, 0.1) is 9.89 Å². The normalized spacial score (nSPS) is 14.5. The van der Waals surface area contributed by atoms with Crippen LogP contribution in [0.3, 0.4) is 0 Å². The Morgan fingerprint density at radius 2 is 2.06 bits per heavy atom. The molecule has 3 nitrogen and oxygen atoms in total. The Bertz CT molecular complexity index is 474. The number of aromatic nitrogens is 1. The van der Waals surface area contributed by atoms with E-state index in [0.29, 0.717) is 6.54 Å². The summed E-state index contributed by atoms with van der Waals surface area (Å²) in [4.78, 5) is 3.97. The van der Waals surface area contributed by atoms with Gasteiger partial charge in [0.25, 0.3) is 0 Å². The van der Waals surface area contributed by atoms with Gasteiger partial charge in [-0.3, -0.25) is 4.98 Å². The van der Waals surface area contributed by atoms with Crippen molar-refractivity contribution in [2.24, 2.45) is 5.73 Å². The molecular formula is C12H13BrN2OS. The summed E-state index contributed by atoms with van der Waals surface area (Å²) in [5.41, 5.74) is 7.67. The minimum Gasteiger partial charge on any atom is -0.388 e. The van der Waals surface area contributed by atoms with Crippen LogP contribution in [0.4, 0.5) is 0 Å². The van der Waals surface area contributed by atoms with Gasteiger partial charge >= 0.3 is 0 Å². The predicted molar refractivity (Wildman–Crippen MR) is 73.0 cm³/mol. The third-order valence-electron chi connectivity index (χ3n) is 2.70. The molecule has 0 spiro atoms. The molecule has 0 fully saturated rings. The number of halogens is 1. The molecule has 2 heterocycles. The average molecular weight is 313 g/mol. The largest absolute Gasteiger partial charge is 0.388 e. The molecular weight excluding hydrogens is 300 g/mol. The summed E-state index contributed by atoms with van der Waals surface area (Å²) in [6.07, 6.45) is 2.85. The van der Waals surface area contributed by atoms with Crippen LogP contribution < -0.4 is 5.73 Å². The maximum absolute atomic E-state index is 10.3. The Hall–Kier alpha value is -0.750. The number of thiophene rings is 1. The first-order valence-electron chi connectivity index (χ1n) is 5.24. The van der Waals surface area contributed by atoms with E-state index in [2.05, 4.69) is 20.9 Å². The number of nitrogens with two attached hydrogens (primary N) is 1. The van der Waals surface area contributed by atoms with Gasteiger partial charge in [-0.1, -0.05) is 0 Å². The zero-order valence-electron chi connectivity index (χ0n) is 9.08. The Labute approximate surface area is 112 Å². The first kappa shape index (κ1) is 12.7. The Morgan fingerprint density at radius 1 is 1.35 bits per heavy atom. The van der Waals surface area contributed by atoms with E-state index in [-0.39, 0.29) is 5.92 Å². The summed E-state index contributed by atoms with van der Waals surface area (Å²) in [5, 5.41) is 12.3. The molecule has 2 aromatic heterocycles. The fourth-order valence-electron chi connectivity index (χ4n) is 1.77. The second kappa shape index (κ2) is 5.73. The SMILES string of the molecule is NCC(c1ccncc1)C(O)c1csc(Br)c1. The van der Waals surface area contributed by atoms with Crippen LogP contribution in [-0.4, -0.2) is 16.6 Å². The topological polar surface area (TPSA) is 59.1 Å². The van der Waals surface area contributed by atoms with E-state index in [4.69, 9.17) is 5.73 Å². The highest BCUT2D eigenvalue weighted by atomic mass is 79.9. The van der Waals surface area contributed by atoms with Crippen molar-refractivity contribution in [2.45, 2.75) is 12.0 Å². The number of nitrogens with zero attached hydrogens (tertiary/aromatic N) is 1. The maximum atomic E-state index is 10.3. The van der Waals surface area contributed by atoms with Crippen LogP contribution >= 0.6 is 27.3 Å². The predicted octanol–water partition coefficient (Wildman–Crippen LogP) is 2.68. The second-order valence-corrected chi connectivity index (χ2v) is 6.04. The molecule has 0 radical (unpaired) electrons. The van der Waals surface area contributed by atoms with Crippen molar-refractivity contribution in [1.82, 2.24) is 4.98 Å². The zero-order valence-corrected chi connectivity index (χ0v) is 11.5. The number of pyridine rings is 1. The highest BCUT2D eigenvalue weighted by Crippen LogP contribution is 2.33. The van der Waals surface area contributed by atoms with E-state index < -0.39 is 6.10 Å². The third kappa shape index (κ3) is 2.93. The summed E-state index contributed by atoms with van der Waals surface area (Å²) >= 11 is 4.95. The lowest BCUT2D eigenvalue weighted by atomic mass is 9.91. The van der Waals surface area contributed by atoms with Crippen LogP contribution in [0, 0.1) is 0 Å². The molecule has 5 heteroatoms. The van der Waals surface area contributed by atoms with Crippen molar-refractivity contribution in [3.8, 4) is 0 Å². The van der Waals surface area contributed by atoms with Crippen molar-refractivity contribution in [2.75, 3.05) is 6.54 Å². The molecule has 90 valence electrons. The number of rotatable bonds is 4. The van der Waals surface area contributed by atoms with Gasteiger partial charge < -0.3 is 10.8 Å². The van der Waals surface area contributed by atoms with Crippen LogP contribution in [0.15, 0.2) is 39.8 Å². The van der Waals surface area contributed by atoms with Crippen molar-refractivity contribution >= 4 is 27.3 Å². The van der Waals surface area contributed by atoms with E-state index in [1.165, 1.54) is 0 Å². The van der Waals surface area contributed by atoms with Gasteiger partial charge in [0.1, 0.15) is 0 Å². The van der Waals surface area contributed by atoms with Crippen molar-refractivity contribution in [3.05, 3.63) is 50.9 Å². The minimum absolute atomic E-state index is 0.0977. The lowest BCUT2D eigenvalue weighted by Crippen LogP contribution is -2.19. The molecule has 0 aliphatic carbocycles. The van der Waals surface area contributed by atoms with E-state index >= 15 is 0 Å². The first-order chi connectivity index (χ1) is 8.22. The van der Waals surface area contributed by atoms with Gasteiger partial charge in [0.2, 0.25) is 0 Å². The third-order valence-corrected chi connectivity index (χ3v) is 4.22. The fraction of sp³-hybridized carbons (Fsp3) is 0.250. The van der Waals surface area contributed by atoms with Gasteiger partial charge in [0.15, 0.2) is 0 Å². The molecule has 2 rings (SSSR count). The van der Waals surface area contributed by atoms with Crippen LogP contribution in [0.5, 0.6) is 0 Å². The van der Waals surface area contributed by atoms with Crippen molar-refractivity contribution < 1.29 is 5.11 Å². The molecule has 0 amide bonds. The van der Waals surface area contributed by atoms with Crippen LogP contribution in [0.25, 0.3) is 0 Å². The van der Waals surface area contributed by atoms with Crippen LogP contribution in [-0.2, 0) is 0 Å². The molecule has 0 aromatic carbocycles. The van der Waals surface area contributed by atoms with Gasteiger partial charge in [-0.25, -0.2) is 0 Å². The zero-order chi connectivity index (χ0) is 12.3. The molecule has 0 aliphatic rings. The first-order valence-corrected chi connectivity index (χ1v) is 6.91. The van der Waals surface area contributed by atoms with Gasteiger partial charge in [-0.15, -0.1) is 11.3 Å². The van der Waals surface area contributed by atoms with Crippen molar-refractivity contribution in [1.29, 1.82) is 0 Å². The smallest absolute Gasteiger partial charge is 0.0879 e. The van der Waals surface area contributed by atoms with E-state index in [1.807, 2.05) is 23.6 Å². The van der Waals surface area contributed by atoms with Crippen LogP contribution in [0.1, 0.15) is 23.1 Å². The average Bonchev–Trinajstić information content (AvgIpc) is 2.78. The standard InChI is InChI=1S/C12H13BrN2OS/c13-11-5-9(7-17-11)12(16)10(6-14)8-1-3-15-4-2-8/h1-5,7,10,12,16H,6,14H2. The second-order valence-electron chi connectivity index (χ2n) is 3.75. The fourth-order valence-corrected chi connectivity index (χ4v) is 2.97. The number of aliphatic hydroxyl groups excluding tert-OH is 1. The molecule has 0 saturated carbocycles. The monoisotopic (exact) mass is 312 g/mol. The van der Waals surface area contributed by atoms with E-state index in [1.54, 1.807) is 23.7 Å². The molecule has 17 heavy (non-hydrogen) atoms. The van der Waals surface area contributed by atoms with Crippen molar-refractivity contribution in [3.63, 3.8) is 0 Å². The highest BCUT2D eigenvalue weighted by Gasteiger charge is 2.22. The highest BCUT2D eigenvalue weighted by molar-refractivity contribution is 9.11. The molecule has 0 aliphatic heterocycles. The van der Waals surface area contributed by atoms with Gasteiger partial charge in [-0.2, -0.15) is 0 Å². The summed E-state index contributed by atoms with van der Waals surface area (Å²) in [6.45, 7) is 0.401. The molecule has 0 saturated heterocycles. The lowest BCUT2D eigenvalue weighted by molar-refractivity contribution is 0.148. The van der Waals surface area contributed by atoms with Gasteiger partial charge in [-0.05, 0) is 50.6 Å². The summed E-state index contributed by atoms with van der Waals surface area (Å²) in [7, 11) is 0. The minimum atomic E-state index is -0.579. The summed E-state index contributed by atoms with van der Waals surface area (Å²) < 4.78 is 1.01. The number of hydrogen-bond acceptors (Lipinski definition) is 4. The molecule has 2 aromatic rings. The van der Waals surface area contributed by atoms with E-state index in [0.717, 1.165) is 14.9 Å². The Morgan fingerprint density at radius 3 is 2.59 bits per heavy atom. The molecule has 3 N–H and O–H groups in total. The quantitative estimate of drug-likeness (QED) is 0.912. The molecule has 0 bridgehead atoms. The summed E-state index contributed by atoms with van der Waals surface area (Å²) in [6, 6.07) is 5.71. The van der Waals surface area contributed by atoms with E-state index in [9.17, 15) is 5.11 Å². The Balaban J connectivity index is 2.25.